The van der Waals surface area contributed by atoms with Crippen molar-refractivity contribution in [2.24, 2.45) is 0 Å². The third kappa shape index (κ3) is 3.71. The first-order valence-electron chi connectivity index (χ1n) is 6.13. The maximum Gasteiger partial charge on any atom is 0.130 e. The molecule has 5 nitrogen and oxygen atoms in total. The molecular formula is C12H15Cl2N3O2S. The van der Waals surface area contributed by atoms with Crippen LogP contribution in [0.2, 0.25) is 10.0 Å². The Kier molecular flexibility index (Phi) is 5.40. The van der Waals surface area contributed by atoms with E-state index in [-0.39, 0.29) is 12.7 Å². The summed E-state index contributed by atoms with van der Waals surface area (Å²) in [7, 11) is 0. The highest BCUT2D eigenvalue weighted by Gasteiger charge is 2.15. The predicted octanol–water partition coefficient (Wildman–Crippen LogP) is 3.20. The quantitative estimate of drug-likeness (QED) is 0.848. The first kappa shape index (κ1) is 15.7. The number of anilines is 1. The van der Waals surface area contributed by atoms with Crippen molar-refractivity contribution < 1.29 is 9.84 Å². The molecule has 0 saturated heterocycles. The minimum absolute atomic E-state index is 0.0817. The number of rotatable bonds is 6. The van der Waals surface area contributed by atoms with Crippen molar-refractivity contribution in [2.75, 3.05) is 18.5 Å². The lowest BCUT2D eigenvalue weighted by Gasteiger charge is -2.15. The van der Waals surface area contributed by atoms with Crippen LogP contribution in [0.5, 0.6) is 0 Å². The van der Waals surface area contributed by atoms with Gasteiger partial charge in [-0.15, -0.1) is 0 Å². The molecule has 0 aliphatic carbocycles. The Bertz CT molecular complexity index is 591. The van der Waals surface area contributed by atoms with E-state index in [1.165, 1.54) is 0 Å². The molecule has 8 heteroatoms. The molecule has 0 amide bonds. The maximum atomic E-state index is 9.84. The Morgan fingerprint density at radius 3 is 2.70 bits per heavy atom. The van der Waals surface area contributed by atoms with Crippen molar-refractivity contribution in [2.45, 2.75) is 26.1 Å². The van der Waals surface area contributed by atoms with Gasteiger partial charge in [0, 0.05) is 6.54 Å². The van der Waals surface area contributed by atoms with Crippen molar-refractivity contribution in [3.63, 3.8) is 0 Å². The molecule has 0 aliphatic heterocycles. The lowest BCUT2D eigenvalue weighted by Crippen LogP contribution is -2.26. The van der Waals surface area contributed by atoms with Crippen molar-refractivity contribution in [1.82, 2.24) is 8.75 Å². The monoisotopic (exact) mass is 335 g/mol. The lowest BCUT2D eigenvalue weighted by molar-refractivity contribution is 0.0112. The Balaban J connectivity index is 2.08. The van der Waals surface area contributed by atoms with Crippen LogP contribution in [0.15, 0.2) is 6.07 Å². The molecule has 1 unspecified atom stereocenters. The van der Waals surface area contributed by atoms with Crippen LogP contribution >= 0.6 is 34.9 Å². The van der Waals surface area contributed by atoms with Crippen LogP contribution in [0.25, 0.3) is 11.0 Å². The molecule has 20 heavy (non-hydrogen) atoms. The van der Waals surface area contributed by atoms with Crippen LogP contribution in [-0.4, -0.2) is 39.2 Å². The van der Waals surface area contributed by atoms with E-state index in [2.05, 4.69) is 14.1 Å². The lowest BCUT2D eigenvalue weighted by atomic mass is 10.2. The summed E-state index contributed by atoms with van der Waals surface area (Å²) in [6, 6.07) is 1.62. The van der Waals surface area contributed by atoms with Gasteiger partial charge in [-0.2, -0.15) is 8.75 Å². The molecule has 0 aliphatic rings. The fourth-order valence-corrected chi connectivity index (χ4v) is 2.80. The summed E-state index contributed by atoms with van der Waals surface area (Å²) >= 11 is 13.3. The third-order valence-corrected chi connectivity index (χ3v) is 3.69. The molecule has 2 aromatic rings. The van der Waals surface area contributed by atoms with Crippen LogP contribution in [0.3, 0.4) is 0 Å². The molecule has 0 saturated carbocycles. The number of halogens is 2. The van der Waals surface area contributed by atoms with E-state index in [1.807, 2.05) is 13.8 Å². The molecule has 110 valence electrons. The molecule has 1 atom stereocenters. The van der Waals surface area contributed by atoms with Crippen LogP contribution in [0.4, 0.5) is 5.69 Å². The molecule has 2 rings (SSSR count). The zero-order chi connectivity index (χ0) is 14.7. The molecule has 0 fully saturated rings. The first-order chi connectivity index (χ1) is 9.49. The number of benzene rings is 1. The van der Waals surface area contributed by atoms with Gasteiger partial charge in [0.05, 0.1) is 46.3 Å². The van der Waals surface area contributed by atoms with Gasteiger partial charge in [0.2, 0.25) is 0 Å². The smallest absolute Gasteiger partial charge is 0.130 e. The van der Waals surface area contributed by atoms with Crippen LogP contribution < -0.4 is 5.32 Å². The fourth-order valence-electron chi connectivity index (χ4n) is 1.62. The number of aromatic nitrogens is 2. The molecule has 0 radical (unpaired) electrons. The van der Waals surface area contributed by atoms with Crippen LogP contribution in [0, 0.1) is 0 Å². The number of aliphatic hydroxyl groups excluding tert-OH is 1. The summed E-state index contributed by atoms with van der Waals surface area (Å²) in [5, 5.41) is 13.8. The van der Waals surface area contributed by atoms with E-state index < -0.39 is 6.10 Å². The van der Waals surface area contributed by atoms with Crippen molar-refractivity contribution >= 4 is 51.7 Å². The van der Waals surface area contributed by atoms with E-state index in [4.69, 9.17) is 27.9 Å². The zero-order valence-corrected chi connectivity index (χ0v) is 13.4. The average Bonchev–Trinajstić information content (AvgIpc) is 2.85. The second kappa shape index (κ2) is 6.87. The standard InChI is InChI=1S/C12H15Cl2N3O2S/c1-6(2)19-5-7(18)4-15-10-8(13)3-9(14)11-12(10)17-20-16-11/h3,6-7,15,18H,4-5H2,1-2H3. The van der Waals surface area contributed by atoms with Gasteiger partial charge < -0.3 is 15.2 Å². The molecule has 0 bridgehead atoms. The van der Waals surface area contributed by atoms with E-state index in [0.29, 0.717) is 33.3 Å². The SMILES string of the molecule is CC(C)OCC(O)CNc1c(Cl)cc(Cl)c2nsnc12. The van der Waals surface area contributed by atoms with E-state index in [1.54, 1.807) is 6.07 Å². The zero-order valence-electron chi connectivity index (χ0n) is 11.1. The third-order valence-electron chi connectivity index (χ3n) is 2.58. The number of hydrogen-bond donors (Lipinski definition) is 2. The van der Waals surface area contributed by atoms with Gasteiger partial charge in [-0.1, -0.05) is 23.2 Å². The van der Waals surface area contributed by atoms with E-state index >= 15 is 0 Å². The summed E-state index contributed by atoms with van der Waals surface area (Å²) in [5.41, 5.74) is 1.85. The number of nitrogens with zero attached hydrogens (tertiary/aromatic N) is 2. The number of ether oxygens (including phenoxy) is 1. The molecule has 2 N–H and O–H groups in total. The Morgan fingerprint density at radius 2 is 2.00 bits per heavy atom. The Morgan fingerprint density at radius 1 is 1.30 bits per heavy atom. The summed E-state index contributed by atoms with van der Waals surface area (Å²) in [4.78, 5) is 0. The normalized spacial score (nSPS) is 13.1. The predicted molar refractivity (Wildman–Crippen MR) is 83.0 cm³/mol. The van der Waals surface area contributed by atoms with Crippen molar-refractivity contribution in [3.8, 4) is 0 Å². The van der Waals surface area contributed by atoms with Gasteiger partial charge in [-0.3, -0.25) is 0 Å². The molecular weight excluding hydrogens is 321 g/mol. The summed E-state index contributed by atoms with van der Waals surface area (Å²) in [6.07, 6.45) is -0.552. The molecule has 1 aromatic carbocycles. The van der Waals surface area contributed by atoms with Crippen LogP contribution in [0.1, 0.15) is 13.8 Å². The second-order valence-corrected chi connectivity index (χ2v) is 5.94. The number of nitrogens with one attached hydrogen (secondary N) is 1. The van der Waals surface area contributed by atoms with Gasteiger partial charge in [-0.25, -0.2) is 0 Å². The van der Waals surface area contributed by atoms with Gasteiger partial charge in [0.15, 0.2) is 0 Å². The number of fused-ring (bicyclic) bond motifs is 1. The first-order valence-corrected chi connectivity index (χ1v) is 7.61. The minimum atomic E-state index is -0.634. The van der Waals surface area contributed by atoms with Crippen LogP contribution in [-0.2, 0) is 4.74 Å². The molecule has 1 aromatic heterocycles. The van der Waals surface area contributed by atoms with E-state index in [0.717, 1.165) is 11.7 Å². The maximum absolute atomic E-state index is 9.84. The largest absolute Gasteiger partial charge is 0.389 e. The van der Waals surface area contributed by atoms with Gasteiger partial charge in [0.25, 0.3) is 0 Å². The average molecular weight is 336 g/mol. The Labute approximate surface area is 131 Å². The van der Waals surface area contributed by atoms with Gasteiger partial charge in [-0.05, 0) is 19.9 Å². The highest BCUT2D eigenvalue weighted by molar-refractivity contribution is 7.00. The molecule has 0 spiro atoms. The fraction of sp³-hybridized carbons (Fsp3) is 0.500. The van der Waals surface area contributed by atoms with Gasteiger partial charge >= 0.3 is 0 Å². The topological polar surface area (TPSA) is 67.3 Å². The highest BCUT2D eigenvalue weighted by atomic mass is 35.5. The minimum Gasteiger partial charge on any atom is -0.389 e. The Hall–Kier alpha value is -0.660. The second-order valence-electron chi connectivity index (χ2n) is 4.59. The molecule has 1 heterocycles. The number of aliphatic hydroxyl groups is 1. The number of hydrogen-bond acceptors (Lipinski definition) is 6. The van der Waals surface area contributed by atoms with Crippen molar-refractivity contribution in [1.29, 1.82) is 0 Å². The summed E-state index contributed by atoms with van der Waals surface area (Å²) < 4.78 is 13.6. The summed E-state index contributed by atoms with van der Waals surface area (Å²) in [5.74, 6) is 0. The highest BCUT2D eigenvalue weighted by Crippen LogP contribution is 2.35. The summed E-state index contributed by atoms with van der Waals surface area (Å²) in [6.45, 7) is 4.40. The van der Waals surface area contributed by atoms with Crippen molar-refractivity contribution in [3.05, 3.63) is 16.1 Å². The van der Waals surface area contributed by atoms with E-state index in [9.17, 15) is 5.11 Å². The van der Waals surface area contributed by atoms with Gasteiger partial charge in [0.1, 0.15) is 11.0 Å².